The van der Waals surface area contributed by atoms with Crippen LogP contribution in [0.3, 0.4) is 0 Å². The predicted octanol–water partition coefficient (Wildman–Crippen LogP) is 2.96. The molecule has 1 N–H and O–H groups in total. The summed E-state index contributed by atoms with van der Waals surface area (Å²) in [5, 5.41) is 4.53. The lowest BCUT2D eigenvalue weighted by atomic mass is 9.91. The SMILES string of the molecule is CN1CCN(c2nc(CNCc3ccco3)c3cc(C(C)(C)C)ncc3n2)CC1. The van der Waals surface area contributed by atoms with E-state index in [9.17, 15) is 0 Å². The van der Waals surface area contributed by atoms with Gasteiger partial charge in [-0.3, -0.25) is 4.98 Å². The highest BCUT2D eigenvalue weighted by atomic mass is 16.3. The summed E-state index contributed by atoms with van der Waals surface area (Å²) in [6.07, 6.45) is 3.59. The first kappa shape index (κ1) is 19.8. The van der Waals surface area contributed by atoms with Crippen LogP contribution in [-0.4, -0.2) is 53.1 Å². The van der Waals surface area contributed by atoms with E-state index in [1.807, 2.05) is 18.3 Å². The van der Waals surface area contributed by atoms with E-state index in [1.165, 1.54) is 0 Å². The molecule has 1 fully saturated rings. The summed E-state index contributed by atoms with van der Waals surface area (Å²) in [7, 11) is 2.15. The van der Waals surface area contributed by atoms with Gasteiger partial charge in [-0.15, -0.1) is 0 Å². The van der Waals surface area contributed by atoms with Crippen molar-refractivity contribution in [3.05, 3.63) is 47.8 Å². The molecule has 4 rings (SSSR count). The van der Waals surface area contributed by atoms with Crippen LogP contribution in [0.5, 0.6) is 0 Å². The zero-order valence-corrected chi connectivity index (χ0v) is 17.8. The van der Waals surface area contributed by atoms with Crippen molar-refractivity contribution in [2.45, 2.75) is 39.3 Å². The molecule has 0 unspecified atom stereocenters. The van der Waals surface area contributed by atoms with Gasteiger partial charge in [0.15, 0.2) is 0 Å². The van der Waals surface area contributed by atoms with Gasteiger partial charge in [0.25, 0.3) is 0 Å². The average Bonchev–Trinajstić information content (AvgIpc) is 3.21. The van der Waals surface area contributed by atoms with Crippen molar-refractivity contribution in [1.82, 2.24) is 25.2 Å². The van der Waals surface area contributed by atoms with Gasteiger partial charge in [-0.1, -0.05) is 20.8 Å². The summed E-state index contributed by atoms with van der Waals surface area (Å²) in [6.45, 7) is 11.8. The van der Waals surface area contributed by atoms with Crippen molar-refractivity contribution in [3.8, 4) is 0 Å². The van der Waals surface area contributed by atoms with Crippen molar-refractivity contribution in [2.24, 2.45) is 0 Å². The number of furan rings is 1. The quantitative estimate of drug-likeness (QED) is 0.713. The van der Waals surface area contributed by atoms with Crippen LogP contribution in [0.25, 0.3) is 10.9 Å². The molecule has 0 spiro atoms. The minimum atomic E-state index is -0.0246. The first-order valence-corrected chi connectivity index (χ1v) is 10.2. The van der Waals surface area contributed by atoms with Crippen molar-refractivity contribution in [1.29, 1.82) is 0 Å². The summed E-state index contributed by atoms with van der Waals surface area (Å²) in [6, 6.07) is 6.03. The molecular formula is C22H30N6O. The van der Waals surface area contributed by atoms with Crippen LogP contribution in [0.4, 0.5) is 5.95 Å². The first-order valence-electron chi connectivity index (χ1n) is 10.2. The fourth-order valence-electron chi connectivity index (χ4n) is 3.49. The fourth-order valence-corrected chi connectivity index (χ4v) is 3.49. The number of likely N-dealkylation sites (N-methyl/N-ethyl adjacent to an activating group) is 1. The molecule has 0 bridgehead atoms. The Morgan fingerprint density at radius 1 is 1.10 bits per heavy atom. The molecule has 0 atom stereocenters. The number of hydrogen-bond acceptors (Lipinski definition) is 7. The van der Waals surface area contributed by atoms with Gasteiger partial charge in [-0.05, 0) is 25.2 Å². The van der Waals surface area contributed by atoms with E-state index < -0.39 is 0 Å². The zero-order chi connectivity index (χ0) is 20.4. The van der Waals surface area contributed by atoms with Crippen LogP contribution in [-0.2, 0) is 18.5 Å². The van der Waals surface area contributed by atoms with Gasteiger partial charge in [0.2, 0.25) is 5.95 Å². The number of pyridine rings is 1. The summed E-state index contributed by atoms with van der Waals surface area (Å²) < 4.78 is 5.43. The minimum Gasteiger partial charge on any atom is -0.468 e. The number of aromatic nitrogens is 3. The molecule has 0 aromatic carbocycles. The summed E-state index contributed by atoms with van der Waals surface area (Å²) in [5.74, 6) is 1.71. The lowest BCUT2D eigenvalue weighted by Crippen LogP contribution is -2.45. The molecule has 7 nitrogen and oxygen atoms in total. The normalized spacial score (nSPS) is 15.9. The van der Waals surface area contributed by atoms with Crippen LogP contribution in [0, 0.1) is 0 Å². The van der Waals surface area contributed by atoms with Crippen LogP contribution < -0.4 is 10.2 Å². The molecule has 1 aliphatic heterocycles. The third kappa shape index (κ3) is 4.57. The Kier molecular flexibility index (Phi) is 5.52. The highest BCUT2D eigenvalue weighted by Gasteiger charge is 2.21. The van der Waals surface area contributed by atoms with Gasteiger partial charge in [0.1, 0.15) is 5.76 Å². The highest BCUT2D eigenvalue weighted by molar-refractivity contribution is 5.82. The molecule has 1 saturated heterocycles. The van der Waals surface area contributed by atoms with E-state index in [0.717, 1.165) is 60.2 Å². The number of fused-ring (bicyclic) bond motifs is 1. The van der Waals surface area contributed by atoms with E-state index in [2.05, 4.69) is 54.0 Å². The maximum Gasteiger partial charge on any atom is 0.226 e. The second kappa shape index (κ2) is 8.08. The van der Waals surface area contributed by atoms with Crippen LogP contribution >= 0.6 is 0 Å². The Bertz CT molecular complexity index is 955. The summed E-state index contributed by atoms with van der Waals surface area (Å²) >= 11 is 0. The van der Waals surface area contributed by atoms with Gasteiger partial charge in [-0.25, -0.2) is 9.97 Å². The van der Waals surface area contributed by atoms with Gasteiger partial charge in [-0.2, -0.15) is 0 Å². The monoisotopic (exact) mass is 394 g/mol. The number of nitrogens with zero attached hydrogens (tertiary/aromatic N) is 5. The van der Waals surface area contributed by atoms with Gasteiger partial charge < -0.3 is 19.5 Å². The number of anilines is 1. The molecule has 29 heavy (non-hydrogen) atoms. The van der Waals surface area contributed by atoms with E-state index in [4.69, 9.17) is 14.4 Å². The number of nitrogens with one attached hydrogen (secondary N) is 1. The Labute approximate surface area is 172 Å². The second-order valence-corrected chi connectivity index (χ2v) is 8.78. The summed E-state index contributed by atoms with van der Waals surface area (Å²) in [5.41, 5.74) is 2.93. The molecule has 0 radical (unpaired) electrons. The lowest BCUT2D eigenvalue weighted by molar-refractivity contribution is 0.311. The van der Waals surface area contributed by atoms with E-state index >= 15 is 0 Å². The first-order chi connectivity index (χ1) is 13.9. The van der Waals surface area contributed by atoms with Gasteiger partial charge in [0.05, 0.1) is 30.2 Å². The zero-order valence-electron chi connectivity index (χ0n) is 17.8. The van der Waals surface area contributed by atoms with Crippen LogP contribution in [0.2, 0.25) is 0 Å². The Hall–Kier alpha value is -2.51. The number of rotatable bonds is 5. The van der Waals surface area contributed by atoms with Crippen LogP contribution in [0.1, 0.15) is 37.9 Å². The maximum atomic E-state index is 5.43. The molecule has 3 aromatic rings. The molecule has 0 amide bonds. The van der Waals surface area contributed by atoms with E-state index in [0.29, 0.717) is 13.1 Å². The molecule has 3 aromatic heterocycles. The number of hydrogen-bond donors (Lipinski definition) is 1. The maximum absolute atomic E-state index is 5.43. The Balaban J connectivity index is 1.66. The molecule has 0 saturated carbocycles. The Morgan fingerprint density at radius 2 is 1.90 bits per heavy atom. The minimum absolute atomic E-state index is 0.0246. The second-order valence-electron chi connectivity index (χ2n) is 8.78. The van der Waals surface area contributed by atoms with E-state index in [-0.39, 0.29) is 5.41 Å². The third-order valence-corrected chi connectivity index (χ3v) is 5.38. The van der Waals surface area contributed by atoms with Crippen molar-refractivity contribution >= 4 is 16.9 Å². The van der Waals surface area contributed by atoms with Crippen molar-refractivity contribution in [2.75, 3.05) is 38.1 Å². The molecule has 1 aliphatic rings. The van der Waals surface area contributed by atoms with Gasteiger partial charge in [0, 0.05) is 49.2 Å². The molecule has 0 aliphatic carbocycles. The molecular weight excluding hydrogens is 364 g/mol. The third-order valence-electron chi connectivity index (χ3n) is 5.38. The smallest absolute Gasteiger partial charge is 0.226 e. The molecule has 4 heterocycles. The molecule has 154 valence electrons. The number of piperazine rings is 1. The summed E-state index contributed by atoms with van der Waals surface area (Å²) in [4.78, 5) is 19.1. The van der Waals surface area contributed by atoms with Crippen molar-refractivity contribution < 1.29 is 4.42 Å². The topological polar surface area (TPSA) is 70.3 Å². The largest absolute Gasteiger partial charge is 0.468 e. The van der Waals surface area contributed by atoms with Crippen LogP contribution in [0.15, 0.2) is 35.1 Å². The predicted molar refractivity (Wildman–Crippen MR) is 115 cm³/mol. The Morgan fingerprint density at radius 3 is 2.59 bits per heavy atom. The van der Waals surface area contributed by atoms with Crippen molar-refractivity contribution in [3.63, 3.8) is 0 Å². The highest BCUT2D eigenvalue weighted by Crippen LogP contribution is 2.26. The fraction of sp³-hybridized carbons (Fsp3) is 0.500. The molecule has 7 heteroatoms. The van der Waals surface area contributed by atoms with Gasteiger partial charge >= 0.3 is 0 Å². The van der Waals surface area contributed by atoms with E-state index in [1.54, 1.807) is 6.26 Å². The standard InChI is InChI=1S/C22H30N6O/c1-22(2,3)20-12-17-18(14-23-13-16-6-5-11-29-16)25-21(26-19(17)15-24-20)28-9-7-27(4)8-10-28/h5-6,11-12,15,23H,7-10,13-14H2,1-4H3. The lowest BCUT2D eigenvalue weighted by Gasteiger charge is -2.32. The average molecular weight is 395 g/mol.